The number of amides is 2. The Hall–Kier alpha value is -4.13. The van der Waals surface area contributed by atoms with E-state index in [1.54, 1.807) is 41.4 Å². The molecule has 0 unspecified atom stereocenters. The van der Waals surface area contributed by atoms with Gasteiger partial charge in [0, 0.05) is 34.9 Å². The summed E-state index contributed by atoms with van der Waals surface area (Å²) < 4.78 is 7.28. The van der Waals surface area contributed by atoms with Crippen LogP contribution < -0.4 is 10.2 Å². The van der Waals surface area contributed by atoms with E-state index in [1.165, 1.54) is 6.26 Å². The number of nitrogens with one attached hydrogen (secondary N) is 1. The maximum Gasteiger partial charge on any atom is 0.291 e. The van der Waals surface area contributed by atoms with Gasteiger partial charge in [-0.2, -0.15) is 0 Å². The zero-order valence-corrected chi connectivity index (χ0v) is 16.9. The average Bonchev–Trinajstić information content (AvgIpc) is 3.38. The Morgan fingerprint density at radius 1 is 1.03 bits per heavy atom. The Morgan fingerprint density at radius 2 is 1.84 bits per heavy atom. The van der Waals surface area contributed by atoms with Gasteiger partial charge >= 0.3 is 0 Å². The Labute approximate surface area is 178 Å². The SMILES string of the molecule is Cc1ccoc1C(=O)Nc1ccc(C(=O)N2Cc3nccn3Cc3ccccc32)cc1. The molecule has 1 aliphatic heterocycles. The van der Waals surface area contributed by atoms with E-state index >= 15 is 0 Å². The standard InChI is InChI=1S/C24H20N4O3/c1-16-10-13-31-22(16)23(29)26-19-8-6-17(7-9-19)24(30)28-15-21-25-11-12-27(21)14-18-4-2-3-5-20(18)28/h2-13H,14-15H2,1H3,(H,26,29). The third kappa shape index (κ3) is 3.50. The number of hydrogen-bond donors (Lipinski definition) is 1. The molecule has 4 aromatic rings. The third-order valence-corrected chi connectivity index (χ3v) is 5.43. The number of hydrogen-bond acceptors (Lipinski definition) is 4. The van der Waals surface area contributed by atoms with Crippen molar-refractivity contribution in [1.82, 2.24) is 9.55 Å². The number of imidazole rings is 1. The smallest absolute Gasteiger partial charge is 0.291 e. The molecule has 0 radical (unpaired) electrons. The van der Waals surface area contributed by atoms with Gasteiger partial charge in [0.1, 0.15) is 5.82 Å². The molecule has 0 fully saturated rings. The number of carbonyl (C=O) groups is 2. The number of fused-ring (bicyclic) bond motifs is 2. The molecule has 7 nitrogen and oxygen atoms in total. The summed E-state index contributed by atoms with van der Waals surface area (Å²) >= 11 is 0. The van der Waals surface area contributed by atoms with Crippen LogP contribution in [0.2, 0.25) is 0 Å². The van der Waals surface area contributed by atoms with Crippen molar-refractivity contribution >= 4 is 23.2 Å². The van der Waals surface area contributed by atoms with Crippen LogP contribution in [0.4, 0.5) is 11.4 Å². The van der Waals surface area contributed by atoms with E-state index in [0.29, 0.717) is 24.3 Å². The van der Waals surface area contributed by atoms with Gasteiger partial charge < -0.3 is 19.2 Å². The zero-order chi connectivity index (χ0) is 21.4. The van der Waals surface area contributed by atoms with Crippen molar-refractivity contribution in [2.24, 2.45) is 0 Å². The predicted octanol–water partition coefficient (Wildman–Crippen LogP) is 4.25. The molecule has 7 heteroatoms. The molecule has 0 saturated heterocycles. The number of benzene rings is 2. The molecule has 0 aliphatic carbocycles. The lowest BCUT2D eigenvalue weighted by Gasteiger charge is -2.22. The molecule has 0 bridgehead atoms. The fourth-order valence-electron chi connectivity index (χ4n) is 3.78. The van der Waals surface area contributed by atoms with Gasteiger partial charge in [0.15, 0.2) is 5.76 Å². The molecule has 5 rings (SSSR count). The lowest BCUT2D eigenvalue weighted by molar-refractivity contribution is 0.0981. The van der Waals surface area contributed by atoms with Gasteiger partial charge in [-0.25, -0.2) is 4.98 Å². The second-order valence-corrected chi connectivity index (χ2v) is 7.46. The van der Waals surface area contributed by atoms with Crippen LogP contribution in [0.15, 0.2) is 77.7 Å². The molecule has 2 aromatic heterocycles. The fourth-order valence-corrected chi connectivity index (χ4v) is 3.78. The number of para-hydroxylation sites is 1. The topological polar surface area (TPSA) is 80.4 Å². The van der Waals surface area contributed by atoms with Crippen LogP contribution in [0.5, 0.6) is 0 Å². The second-order valence-electron chi connectivity index (χ2n) is 7.46. The van der Waals surface area contributed by atoms with Crippen molar-refractivity contribution in [2.75, 3.05) is 10.2 Å². The van der Waals surface area contributed by atoms with Crippen LogP contribution in [0.3, 0.4) is 0 Å². The van der Waals surface area contributed by atoms with Crippen molar-refractivity contribution in [2.45, 2.75) is 20.0 Å². The molecule has 0 atom stereocenters. The maximum atomic E-state index is 13.4. The Morgan fingerprint density at radius 3 is 2.61 bits per heavy atom. The molecule has 0 spiro atoms. The summed E-state index contributed by atoms with van der Waals surface area (Å²) in [5.74, 6) is 0.664. The minimum absolute atomic E-state index is 0.122. The number of furan rings is 1. The molecular formula is C24H20N4O3. The molecule has 3 heterocycles. The average molecular weight is 412 g/mol. The largest absolute Gasteiger partial charge is 0.459 e. The van der Waals surface area contributed by atoms with Gasteiger partial charge in [-0.05, 0) is 48.9 Å². The van der Waals surface area contributed by atoms with E-state index in [9.17, 15) is 9.59 Å². The molecule has 1 N–H and O–H groups in total. The molecular weight excluding hydrogens is 392 g/mol. The van der Waals surface area contributed by atoms with E-state index in [1.807, 2.05) is 37.4 Å². The second kappa shape index (κ2) is 7.60. The summed E-state index contributed by atoms with van der Waals surface area (Å²) in [6.07, 6.45) is 5.17. The van der Waals surface area contributed by atoms with Crippen LogP contribution in [0, 0.1) is 6.92 Å². The number of aryl methyl sites for hydroxylation is 1. The summed E-state index contributed by atoms with van der Waals surface area (Å²) in [5.41, 5.74) is 3.82. The number of carbonyl (C=O) groups excluding carboxylic acids is 2. The van der Waals surface area contributed by atoms with Gasteiger partial charge in [-0.3, -0.25) is 9.59 Å². The summed E-state index contributed by atoms with van der Waals surface area (Å²) in [4.78, 5) is 31.9. The molecule has 2 amide bonds. The highest BCUT2D eigenvalue weighted by Crippen LogP contribution is 2.28. The molecule has 31 heavy (non-hydrogen) atoms. The Kier molecular flexibility index (Phi) is 4.63. The molecule has 2 aromatic carbocycles. The number of nitrogens with zero attached hydrogens (tertiary/aromatic N) is 3. The van der Waals surface area contributed by atoms with Crippen LogP contribution in [-0.2, 0) is 13.1 Å². The van der Waals surface area contributed by atoms with Gasteiger partial charge in [-0.1, -0.05) is 18.2 Å². The van der Waals surface area contributed by atoms with E-state index in [2.05, 4.69) is 14.9 Å². The zero-order valence-electron chi connectivity index (χ0n) is 16.9. The van der Waals surface area contributed by atoms with E-state index in [-0.39, 0.29) is 17.6 Å². The Balaban J connectivity index is 1.40. The lowest BCUT2D eigenvalue weighted by Crippen LogP contribution is -2.30. The maximum absolute atomic E-state index is 13.4. The fraction of sp³-hybridized carbons (Fsp3) is 0.125. The van der Waals surface area contributed by atoms with Crippen molar-refractivity contribution < 1.29 is 14.0 Å². The number of anilines is 2. The summed E-state index contributed by atoms with van der Waals surface area (Å²) in [6, 6.07) is 16.5. The number of aromatic nitrogens is 2. The van der Waals surface area contributed by atoms with Crippen LogP contribution in [0.25, 0.3) is 0 Å². The highest BCUT2D eigenvalue weighted by atomic mass is 16.3. The van der Waals surface area contributed by atoms with Crippen molar-refractivity contribution in [3.8, 4) is 0 Å². The van der Waals surface area contributed by atoms with Gasteiger partial charge in [0.05, 0.1) is 19.4 Å². The van der Waals surface area contributed by atoms with Crippen molar-refractivity contribution in [1.29, 1.82) is 0 Å². The summed E-state index contributed by atoms with van der Waals surface area (Å²) in [6.45, 7) is 2.87. The first-order chi connectivity index (χ1) is 15.1. The van der Waals surface area contributed by atoms with Crippen LogP contribution in [-0.4, -0.2) is 21.4 Å². The minimum atomic E-state index is -0.324. The van der Waals surface area contributed by atoms with Crippen LogP contribution >= 0.6 is 0 Å². The van der Waals surface area contributed by atoms with Gasteiger partial charge in [0.2, 0.25) is 0 Å². The first-order valence-corrected chi connectivity index (χ1v) is 9.95. The first kappa shape index (κ1) is 18.9. The van der Waals surface area contributed by atoms with E-state index in [4.69, 9.17) is 4.42 Å². The molecule has 1 aliphatic rings. The van der Waals surface area contributed by atoms with Crippen LogP contribution in [0.1, 0.15) is 37.9 Å². The van der Waals surface area contributed by atoms with Crippen molar-refractivity contribution in [3.05, 3.63) is 102 Å². The van der Waals surface area contributed by atoms with E-state index < -0.39 is 0 Å². The van der Waals surface area contributed by atoms with E-state index in [0.717, 1.165) is 22.6 Å². The molecule has 154 valence electrons. The minimum Gasteiger partial charge on any atom is -0.459 e. The van der Waals surface area contributed by atoms with Gasteiger partial charge in [0.25, 0.3) is 11.8 Å². The Bertz CT molecular complexity index is 1270. The summed E-state index contributed by atoms with van der Waals surface area (Å²) in [7, 11) is 0. The first-order valence-electron chi connectivity index (χ1n) is 9.95. The third-order valence-electron chi connectivity index (χ3n) is 5.43. The highest BCUT2D eigenvalue weighted by Gasteiger charge is 2.25. The van der Waals surface area contributed by atoms with Crippen molar-refractivity contribution in [3.63, 3.8) is 0 Å². The summed E-state index contributed by atoms with van der Waals surface area (Å²) in [5, 5.41) is 2.80. The lowest BCUT2D eigenvalue weighted by atomic mass is 10.1. The predicted molar refractivity (Wildman–Crippen MR) is 116 cm³/mol. The normalized spacial score (nSPS) is 12.6. The number of rotatable bonds is 3. The highest BCUT2D eigenvalue weighted by molar-refractivity contribution is 6.07. The quantitative estimate of drug-likeness (QED) is 0.546. The van der Waals surface area contributed by atoms with Gasteiger partial charge in [-0.15, -0.1) is 0 Å². The molecule has 0 saturated carbocycles. The monoisotopic (exact) mass is 412 g/mol.